The van der Waals surface area contributed by atoms with E-state index in [0.29, 0.717) is 16.9 Å². The van der Waals surface area contributed by atoms with Crippen molar-refractivity contribution in [2.45, 2.75) is 39.2 Å². The Labute approximate surface area is 168 Å². The van der Waals surface area contributed by atoms with Crippen LogP contribution in [0.2, 0.25) is 0 Å². The molecule has 0 bridgehead atoms. The van der Waals surface area contributed by atoms with Crippen LogP contribution in [0.15, 0.2) is 24.3 Å². The van der Waals surface area contributed by atoms with Gasteiger partial charge in [0.25, 0.3) is 17.5 Å². The molecule has 2 rings (SSSR count). The zero-order chi connectivity index (χ0) is 20.7. The largest absolute Gasteiger partial charge is 0.358 e. The molecule has 1 saturated carbocycles. The average Bonchev–Trinajstić information content (AvgIpc) is 2.68. The molecule has 9 nitrogen and oxygen atoms in total. The molecule has 1 aliphatic carbocycles. The molecule has 0 unspecified atom stereocenters. The third kappa shape index (κ3) is 6.15. The van der Waals surface area contributed by atoms with E-state index in [2.05, 4.69) is 35.3 Å². The van der Waals surface area contributed by atoms with E-state index in [9.17, 15) is 19.7 Å². The van der Waals surface area contributed by atoms with Gasteiger partial charge in [-0.3, -0.25) is 30.6 Å². The summed E-state index contributed by atoms with van der Waals surface area (Å²) in [4.78, 5) is 34.1. The lowest BCUT2D eigenvalue weighted by Gasteiger charge is -2.35. The van der Waals surface area contributed by atoms with E-state index in [-0.39, 0.29) is 23.8 Å². The second-order valence-corrected chi connectivity index (χ2v) is 7.42. The highest BCUT2D eigenvalue weighted by Gasteiger charge is 2.27. The van der Waals surface area contributed by atoms with E-state index in [1.54, 1.807) is 0 Å². The molecule has 3 atom stereocenters. The summed E-state index contributed by atoms with van der Waals surface area (Å²) in [5.74, 6) is 0.0312. The van der Waals surface area contributed by atoms with Crippen LogP contribution in [0.3, 0.4) is 0 Å². The van der Waals surface area contributed by atoms with Gasteiger partial charge in [0.15, 0.2) is 5.11 Å². The maximum Gasteiger partial charge on any atom is 0.270 e. The monoisotopic (exact) mass is 407 g/mol. The van der Waals surface area contributed by atoms with Gasteiger partial charge in [-0.25, -0.2) is 0 Å². The second-order valence-electron chi connectivity index (χ2n) is 7.01. The van der Waals surface area contributed by atoms with Crippen molar-refractivity contribution in [1.82, 2.24) is 21.5 Å². The summed E-state index contributed by atoms with van der Waals surface area (Å²) in [6.07, 6.45) is 3.38. The summed E-state index contributed by atoms with van der Waals surface area (Å²) in [7, 11) is 0. The molecule has 1 aliphatic rings. The molecule has 1 fully saturated rings. The summed E-state index contributed by atoms with van der Waals surface area (Å²) >= 11 is 5.21. The third-order valence-corrected chi connectivity index (χ3v) is 5.29. The molecule has 0 radical (unpaired) electrons. The van der Waals surface area contributed by atoms with Crippen LogP contribution in [-0.2, 0) is 4.79 Å². The Morgan fingerprint density at radius 1 is 1.25 bits per heavy atom. The van der Waals surface area contributed by atoms with Gasteiger partial charge in [0.05, 0.1) is 11.5 Å². The number of carbonyl (C=O) groups excluding carboxylic acids is 2. The van der Waals surface area contributed by atoms with Crippen LogP contribution in [0.5, 0.6) is 0 Å². The number of non-ortho nitro benzene ring substituents is 1. The highest BCUT2D eigenvalue weighted by Crippen LogP contribution is 2.29. The highest BCUT2D eigenvalue weighted by molar-refractivity contribution is 7.80. The first-order valence-electron chi connectivity index (χ1n) is 9.16. The Morgan fingerprint density at radius 2 is 2.00 bits per heavy atom. The second kappa shape index (κ2) is 9.98. The molecule has 1 aromatic rings. The van der Waals surface area contributed by atoms with E-state index in [0.717, 1.165) is 18.9 Å². The molecule has 0 heterocycles. The van der Waals surface area contributed by atoms with Crippen molar-refractivity contribution in [2.24, 2.45) is 11.8 Å². The first-order chi connectivity index (χ1) is 13.3. The number of benzene rings is 1. The molecule has 1 aromatic carbocycles. The minimum absolute atomic E-state index is 0.104. The number of amides is 2. The van der Waals surface area contributed by atoms with Crippen LogP contribution in [0.4, 0.5) is 5.69 Å². The van der Waals surface area contributed by atoms with Gasteiger partial charge in [-0.1, -0.05) is 32.8 Å². The topological polar surface area (TPSA) is 125 Å². The number of thiocarbonyl (C=S) groups is 1. The number of nitrogens with one attached hydrogen (secondary N) is 4. The highest BCUT2D eigenvalue weighted by atomic mass is 32.1. The first kappa shape index (κ1) is 21.5. The van der Waals surface area contributed by atoms with Gasteiger partial charge in [0.1, 0.15) is 0 Å². The Balaban J connectivity index is 1.73. The van der Waals surface area contributed by atoms with Crippen LogP contribution in [-0.4, -0.2) is 34.4 Å². The van der Waals surface area contributed by atoms with Crippen molar-refractivity contribution >= 4 is 34.8 Å². The fourth-order valence-corrected chi connectivity index (χ4v) is 3.39. The molecule has 28 heavy (non-hydrogen) atoms. The molecule has 4 N–H and O–H groups in total. The Morgan fingerprint density at radius 3 is 2.71 bits per heavy atom. The standard InChI is InChI=1S/C18H25N5O4S/c1-11-5-3-8-15(12(11)2)20-18(28)22-21-16(24)10-19-17(25)13-6-4-7-14(9-13)23(26)27/h4,6-7,9,11-12,15H,3,5,8,10H2,1-2H3,(H,19,25)(H,21,24)(H2,20,22,28)/t11-,12-,15-/m1/s1. The molecular formula is C18H25N5O4S. The lowest BCUT2D eigenvalue weighted by atomic mass is 9.78. The molecule has 0 saturated heterocycles. The Kier molecular flexibility index (Phi) is 7.68. The van der Waals surface area contributed by atoms with E-state index in [4.69, 9.17) is 12.2 Å². The van der Waals surface area contributed by atoms with E-state index >= 15 is 0 Å². The average molecular weight is 407 g/mol. The number of carbonyl (C=O) groups is 2. The maximum absolute atomic E-state index is 12.0. The summed E-state index contributed by atoms with van der Waals surface area (Å²) in [5, 5.41) is 16.7. The van der Waals surface area contributed by atoms with Crippen molar-refractivity contribution < 1.29 is 14.5 Å². The summed E-state index contributed by atoms with van der Waals surface area (Å²) in [6, 6.07) is 5.54. The van der Waals surface area contributed by atoms with Crippen LogP contribution in [0.1, 0.15) is 43.5 Å². The molecule has 2 amide bonds. The Hall–Kier alpha value is -2.75. The summed E-state index contributed by atoms with van der Waals surface area (Å²) in [5.41, 5.74) is 4.96. The smallest absolute Gasteiger partial charge is 0.270 e. The van der Waals surface area contributed by atoms with Gasteiger partial charge < -0.3 is 10.6 Å². The molecule has 0 aromatic heterocycles. The van der Waals surface area contributed by atoms with Crippen molar-refractivity contribution in [3.05, 3.63) is 39.9 Å². The molecule has 10 heteroatoms. The van der Waals surface area contributed by atoms with Crippen LogP contribution < -0.4 is 21.5 Å². The fourth-order valence-electron chi connectivity index (χ4n) is 3.18. The van der Waals surface area contributed by atoms with Gasteiger partial charge in [-0.15, -0.1) is 0 Å². The van der Waals surface area contributed by atoms with Crippen molar-refractivity contribution in [2.75, 3.05) is 6.54 Å². The number of hydrogen-bond acceptors (Lipinski definition) is 5. The predicted molar refractivity (Wildman–Crippen MR) is 108 cm³/mol. The quantitative estimate of drug-likeness (QED) is 0.332. The molecule has 0 spiro atoms. The minimum Gasteiger partial charge on any atom is -0.358 e. The van der Waals surface area contributed by atoms with E-state index in [1.165, 1.54) is 24.6 Å². The SMILES string of the molecule is C[C@@H]1[C@H](C)CCC[C@H]1NC(=S)NNC(=O)CNC(=O)c1cccc([N+](=O)[O-])c1. The third-order valence-electron chi connectivity index (χ3n) is 5.07. The van der Waals surface area contributed by atoms with Gasteiger partial charge in [-0.2, -0.15) is 0 Å². The van der Waals surface area contributed by atoms with Crippen molar-refractivity contribution in [3.8, 4) is 0 Å². The minimum atomic E-state index is -0.588. The number of nitrogens with zero attached hydrogens (tertiary/aromatic N) is 1. The lowest BCUT2D eigenvalue weighted by molar-refractivity contribution is -0.384. The van der Waals surface area contributed by atoms with E-state index in [1.807, 2.05) is 0 Å². The lowest BCUT2D eigenvalue weighted by Crippen LogP contribution is -2.53. The first-order valence-corrected chi connectivity index (χ1v) is 9.56. The number of hydrogen-bond donors (Lipinski definition) is 4. The zero-order valence-corrected chi connectivity index (χ0v) is 16.7. The van der Waals surface area contributed by atoms with Gasteiger partial charge in [0, 0.05) is 23.7 Å². The fraction of sp³-hybridized carbons (Fsp3) is 0.500. The molecule has 152 valence electrons. The maximum atomic E-state index is 12.0. The molecule has 0 aliphatic heterocycles. The van der Waals surface area contributed by atoms with Crippen LogP contribution in [0.25, 0.3) is 0 Å². The van der Waals surface area contributed by atoms with E-state index < -0.39 is 16.7 Å². The Bertz CT molecular complexity index is 757. The number of nitro groups is 1. The number of nitro benzene ring substituents is 1. The van der Waals surface area contributed by atoms with Crippen molar-refractivity contribution in [1.29, 1.82) is 0 Å². The predicted octanol–water partition coefficient (Wildman–Crippen LogP) is 1.64. The number of rotatable bonds is 5. The number of hydrazine groups is 1. The summed E-state index contributed by atoms with van der Waals surface area (Å²) in [6.45, 7) is 4.11. The zero-order valence-electron chi connectivity index (χ0n) is 15.9. The normalized spacial score (nSPS) is 21.3. The summed E-state index contributed by atoms with van der Waals surface area (Å²) < 4.78 is 0. The van der Waals surface area contributed by atoms with Crippen molar-refractivity contribution in [3.63, 3.8) is 0 Å². The van der Waals surface area contributed by atoms with Gasteiger partial charge in [0.2, 0.25) is 0 Å². The molecular weight excluding hydrogens is 382 g/mol. The van der Waals surface area contributed by atoms with Crippen LogP contribution >= 0.6 is 12.2 Å². The van der Waals surface area contributed by atoms with Gasteiger partial charge >= 0.3 is 0 Å². The van der Waals surface area contributed by atoms with Gasteiger partial charge in [-0.05, 0) is 36.5 Å². The van der Waals surface area contributed by atoms with Crippen LogP contribution in [0, 0.1) is 22.0 Å².